The average Bonchev–Trinajstić information content (AvgIpc) is 2.19. The molecule has 0 amide bonds. The van der Waals surface area contributed by atoms with Gasteiger partial charge in [0.05, 0.1) is 6.61 Å². The van der Waals surface area contributed by atoms with Crippen molar-refractivity contribution < 1.29 is 19.4 Å². The largest absolute Gasteiger partial charge is 0.508 e. The molecule has 0 saturated carbocycles. The van der Waals surface area contributed by atoms with Crippen LogP contribution in [-0.4, -0.2) is 24.3 Å². The van der Waals surface area contributed by atoms with Crippen molar-refractivity contribution in [2.24, 2.45) is 0 Å². The highest BCUT2D eigenvalue weighted by Crippen LogP contribution is 2.22. The van der Waals surface area contributed by atoms with E-state index in [9.17, 15) is 4.79 Å². The third-order valence-electron chi connectivity index (χ3n) is 2.03. The maximum absolute atomic E-state index is 10.9. The highest BCUT2D eigenvalue weighted by atomic mass is 16.6. The number of ether oxygens (including phenoxy) is 2. The van der Waals surface area contributed by atoms with Crippen LogP contribution in [0.5, 0.6) is 5.75 Å². The van der Waals surface area contributed by atoms with Gasteiger partial charge < -0.3 is 14.6 Å². The summed E-state index contributed by atoms with van der Waals surface area (Å²) in [4.78, 5) is 10.9. The highest BCUT2D eigenvalue weighted by molar-refractivity contribution is 5.71. The number of phenolic OH excluding ortho intramolecular Hbond substituents is 1. The summed E-state index contributed by atoms with van der Waals surface area (Å²) in [5.74, 6) is -0.161. The van der Waals surface area contributed by atoms with Crippen LogP contribution in [0, 0.1) is 0 Å². The first-order valence-electron chi connectivity index (χ1n) is 4.32. The number of carbonyl (C=O) groups is 1. The predicted molar refractivity (Wildman–Crippen MR) is 47.8 cm³/mol. The molecule has 4 heteroatoms. The first-order chi connectivity index (χ1) is 6.75. The van der Waals surface area contributed by atoms with Gasteiger partial charge in [-0.3, -0.25) is 0 Å². The van der Waals surface area contributed by atoms with E-state index in [1.165, 1.54) is 0 Å². The molecule has 0 bridgehead atoms. The number of rotatable bonds is 1. The molecule has 1 aromatic rings. The molecular formula is C10H10O4. The van der Waals surface area contributed by atoms with Gasteiger partial charge in [0, 0.05) is 0 Å². The molecule has 1 aromatic carbocycles. The first-order valence-corrected chi connectivity index (χ1v) is 4.32. The molecule has 1 saturated heterocycles. The molecule has 4 nitrogen and oxygen atoms in total. The quantitative estimate of drug-likeness (QED) is 0.678. The Morgan fingerprint density at radius 1 is 1.29 bits per heavy atom. The molecule has 2 rings (SSSR count). The number of phenols is 1. The van der Waals surface area contributed by atoms with Gasteiger partial charge in [0.1, 0.15) is 12.4 Å². The van der Waals surface area contributed by atoms with Crippen molar-refractivity contribution in [1.29, 1.82) is 0 Å². The molecule has 74 valence electrons. The van der Waals surface area contributed by atoms with E-state index in [4.69, 9.17) is 14.6 Å². The minimum atomic E-state index is -0.352. The summed E-state index contributed by atoms with van der Waals surface area (Å²) in [5.41, 5.74) is 0.829. The minimum Gasteiger partial charge on any atom is -0.508 e. The third kappa shape index (κ3) is 1.85. The van der Waals surface area contributed by atoms with Crippen molar-refractivity contribution in [2.75, 3.05) is 13.2 Å². The summed E-state index contributed by atoms with van der Waals surface area (Å²) in [6.45, 7) is 0.394. The molecule has 1 heterocycles. The Morgan fingerprint density at radius 2 is 2.00 bits per heavy atom. The molecule has 14 heavy (non-hydrogen) atoms. The SMILES string of the molecule is O=C1COCC(c2ccc(O)cc2)O1. The number of aromatic hydroxyl groups is 1. The van der Waals surface area contributed by atoms with Crippen molar-refractivity contribution in [3.8, 4) is 5.75 Å². The fourth-order valence-corrected chi connectivity index (χ4v) is 1.33. The maximum Gasteiger partial charge on any atom is 0.332 e. The van der Waals surface area contributed by atoms with E-state index in [1.807, 2.05) is 0 Å². The van der Waals surface area contributed by atoms with Crippen LogP contribution in [0.25, 0.3) is 0 Å². The summed E-state index contributed by atoms with van der Waals surface area (Å²) in [6.07, 6.45) is -0.350. The summed E-state index contributed by atoms with van der Waals surface area (Å²) < 4.78 is 10.1. The molecule has 1 fully saturated rings. The van der Waals surface area contributed by atoms with Gasteiger partial charge in [-0.15, -0.1) is 0 Å². The van der Waals surface area contributed by atoms with E-state index in [-0.39, 0.29) is 24.4 Å². The van der Waals surface area contributed by atoms with Crippen LogP contribution < -0.4 is 0 Å². The van der Waals surface area contributed by atoms with E-state index < -0.39 is 0 Å². The molecule has 1 N–H and O–H groups in total. The van der Waals surface area contributed by atoms with E-state index in [2.05, 4.69) is 0 Å². The second-order valence-electron chi connectivity index (χ2n) is 3.09. The standard InChI is InChI=1S/C10H10O4/c11-8-3-1-7(2-4-8)9-5-13-6-10(12)14-9/h1-4,9,11H,5-6H2. The normalized spacial score (nSPS) is 21.7. The molecule has 0 radical (unpaired) electrons. The molecule has 0 spiro atoms. The van der Waals surface area contributed by atoms with Gasteiger partial charge in [0.25, 0.3) is 0 Å². The van der Waals surface area contributed by atoms with Crippen LogP contribution in [0.3, 0.4) is 0 Å². The molecular weight excluding hydrogens is 184 g/mol. The fourth-order valence-electron chi connectivity index (χ4n) is 1.33. The number of hydrogen-bond donors (Lipinski definition) is 1. The Hall–Kier alpha value is -1.55. The van der Waals surface area contributed by atoms with Gasteiger partial charge >= 0.3 is 5.97 Å². The topological polar surface area (TPSA) is 55.8 Å². The zero-order chi connectivity index (χ0) is 9.97. The van der Waals surface area contributed by atoms with E-state index in [0.717, 1.165) is 5.56 Å². The molecule has 1 aliphatic rings. The van der Waals surface area contributed by atoms with E-state index in [1.54, 1.807) is 24.3 Å². The fraction of sp³-hybridized carbons (Fsp3) is 0.300. The third-order valence-corrected chi connectivity index (χ3v) is 2.03. The summed E-state index contributed by atoms with van der Waals surface area (Å²) in [7, 11) is 0. The monoisotopic (exact) mass is 194 g/mol. The summed E-state index contributed by atoms with van der Waals surface area (Å²) in [5, 5.41) is 9.07. The highest BCUT2D eigenvalue weighted by Gasteiger charge is 2.22. The van der Waals surface area contributed by atoms with Gasteiger partial charge in [-0.1, -0.05) is 12.1 Å². The number of hydrogen-bond acceptors (Lipinski definition) is 4. The van der Waals surface area contributed by atoms with Crippen LogP contribution in [0.1, 0.15) is 11.7 Å². The number of cyclic esters (lactones) is 1. The lowest BCUT2D eigenvalue weighted by molar-refractivity contribution is -0.170. The Labute approximate surface area is 81.1 Å². The molecule has 1 atom stereocenters. The smallest absolute Gasteiger partial charge is 0.332 e. The van der Waals surface area contributed by atoms with Gasteiger partial charge in [-0.05, 0) is 17.7 Å². The Bertz CT molecular complexity index is 330. The average molecular weight is 194 g/mol. The summed E-state index contributed by atoms with van der Waals surface area (Å²) in [6, 6.07) is 6.53. The van der Waals surface area contributed by atoms with Crippen LogP contribution in [0.4, 0.5) is 0 Å². The van der Waals surface area contributed by atoms with Crippen LogP contribution in [-0.2, 0) is 14.3 Å². The van der Waals surface area contributed by atoms with Gasteiger partial charge in [0.15, 0.2) is 6.10 Å². The number of esters is 1. The van der Waals surface area contributed by atoms with Crippen molar-refractivity contribution in [3.05, 3.63) is 29.8 Å². The van der Waals surface area contributed by atoms with Crippen LogP contribution >= 0.6 is 0 Å². The molecule has 1 aliphatic heterocycles. The van der Waals surface area contributed by atoms with Crippen LogP contribution in [0.15, 0.2) is 24.3 Å². The second kappa shape index (κ2) is 3.67. The Kier molecular flexibility index (Phi) is 2.37. The van der Waals surface area contributed by atoms with Gasteiger partial charge in [-0.2, -0.15) is 0 Å². The lowest BCUT2D eigenvalue weighted by atomic mass is 10.1. The van der Waals surface area contributed by atoms with Crippen molar-refractivity contribution in [3.63, 3.8) is 0 Å². The van der Waals surface area contributed by atoms with Crippen LogP contribution in [0.2, 0.25) is 0 Å². The first kappa shape index (κ1) is 9.02. The van der Waals surface area contributed by atoms with Gasteiger partial charge in [0.2, 0.25) is 0 Å². The number of carbonyl (C=O) groups excluding carboxylic acids is 1. The molecule has 1 unspecified atom stereocenters. The zero-order valence-corrected chi connectivity index (χ0v) is 7.47. The zero-order valence-electron chi connectivity index (χ0n) is 7.47. The lowest BCUT2D eigenvalue weighted by Crippen LogP contribution is -2.26. The maximum atomic E-state index is 10.9. The van der Waals surface area contributed by atoms with Crippen molar-refractivity contribution in [2.45, 2.75) is 6.10 Å². The second-order valence-corrected chi connectivity index (χ2v) is 3.09. The molecule has 0 aliphatic carbocycles. The van der Waals surface area contributed by atoms with Crippen molar-refractivity contribution in [1.82, 2.24) is 0 Å². The Balaban J connectivity index is 2.14. The minimum absolute atomic E-state index is 0.0224. The Morgan fingerprint density at radius 3 is 2.64 bits per heavy atom. The molecule has 0 aromatic heterocycles. The number of benzene rings is 1. The predicted octanol–water partition coefficient (Wildman–Crippen LogP) is 1.01. The van der Waals surface area contributed by atoms with E-state index >= 15 is 0 Å². The van der Waals surface area contributed by atoms with Gasteiger partial charge in [-0.25, -0.2) is 4.79 Å². The van der Waals surface area contributed by atoms with E-state index in [0.29, 0.717) is 6.61 Å². The van der Waals surface area contributed by atoms with Crippen molar-refractivity contribution >= 4 is 5.97 Å². The summed E-state index contributed by atoms with van der Waals surface area (Å²) >= 11 is 0. The lowest BCUT2D eigenvalue weighted by Gasteiger charge is -2.22.